The summed E-state index contributed by atoms with van der Waals surface area (Å²) in [6.45, 7) is 4.72. The lowest BCUT2D eigenvalue weighted by Gasteiger charge is -2.29. The van der Waals surface area contributed by atoms with Crippen LogP contribution in [0.4, 0.5) is 17.1 Å². The Kier molecular flexibility index (Phi) is 6.16. The first-order chi connectivity index (χ1) is 24.1. The monoisotopic (exact) mass is 643 g/mol. The molecule has 0 radical (unpaired) electrons. The van der Waals surface area contributed by atoms with Gasteiger partial charge in [-0.3, -0.25) is 0 Å². The third-order valence-electron chi connectivity index (χ3n) is 10.7. The van der Waals surface area contributed by atoms with Gasteiger partial charge in [0, 0.05) is 42.5 Å². The summed E-state index contributed by atoms with van der Waals surface area (Å²) < 4.78 is 2.63. The van der Waals surface area contributed by atoms with Crippen LogP contribution >= 0.6 is 11.3 Å². The zero-order chi connectivity index (χ0) is 32.7. The number of rotatable bonds is 4. The predicted molar refractivity (Wildman–Crippen MR) is 212 cm³/mol. The second-order valence-corrected chi connectivity index (χ2v) is 14.8. The first-order valence-corrected chi connectivity index (χ1v) is 17.8. The van der Waals surface area contributed by atoms with Crippen LogP contribution in [0, 0.1) is 0 Å². The van der Waals surface area contributed by atoms with Crippen molar-refractivity contribution < 1.29 is 0 Å². The minimum absolute atomic E-state index is 0.0810. The van der Waals surface area contributed by atoms with Crippen LogP contribution in [0.25, 0.3) is 64.0 Å². The molecular formula is C47H33NS. The standard InChI is InChI=1S/C47H33NS/c1-47(2)40-18-8-7-16-38(40)46-41(47)19-10-20-42(46)48(33-24-21-32(22-25-33)36-17-9-13-30-11-3-5-14-35(30)36)34-26-27-39-44(29-34)49-43-28-23-31-12-4-6-15-37(31)45(39)43/h3-29H,1-2H3. The van der Waals surface area contributed by atoms with E-state index < -0.39 is 0 Å². The Labute approximate surface area is 290 Å². The first-order valence-electron chi connectivity index (χ1n) is 17.0. The Morgan fingerprint density at radius 3 is 1.98 bits per heavy atom. The van der Waals surface area contributed by atoms with E-state index in [1.54, 1.807) is 0 Å². The van der Waals surface area contributed by atoms with Gasteiger partial charge >= 0.3 is 0 Å². The molecule has 1 aromatic heterocycles. The SMILES string of the molecule is CC1(C)c2ccccc2-c2c(N(c3ccc(-c4cccc5ccccc45)cc3)c3ccc4c(c3)sc3ccc5ccccc5c34)cccc21. The molecule has 9 aromatic rings. The lowest BCUT2D eigenvalue weighted by Crippen LogP contribution is -2.16. The highest BCUT2D eigenvalue weighted by Gasteiger charge is 2.37. The molecule has 0 saturated carbocycles. The summed E-state index contributed by atoms with van der Waals surface area (Å²) in [6, 6.07) is 60.6. The minimum Gasteiger partial charge on any atom is -0.310 e. The normalized spacial score (nSPS) is 13.3. The van der Waals surface area contributed by atoms with Crippen molar-refractivity contribution in [3.8, 4) is 22.3 Å². The topological polar surface area (TPSA) is 3.24 Å². The van der Waals surface area contributed by atoms with Gasteiger partial charge in [-0.2, -0.15) is 0 Å². The molecule has 1 aliphatic carbocycles. The van der Waals surface area contributed by atoms with Gasteiger partial charge in [0.1, 0.15) is 0 Å². The fourth-order valence-corrected chi connectivity index (χ4v) is 9.44. The van der Waals surface area contributed by atoms with E-state index in [1.165, 1.54) is 80.8 Å². The molecule has 10 rings (SSSR count). The van der Waals surface area contributed by atoms with Crippen LogP contribution in [0.2, 0.25) is 0 Å². The Morgan fingerprint density at radius 2 is 1.12 bits per heavy atom. The third-order valence-corrected chi connectivity index (χ3v) is 11.8. The van der Waals surface area contributed by atoms with Crippen LogP contribution in [0.1, 0.15) is 25.0 Å². The molecule has 0 unspecified atom stereocenters. The zero-order valence-corrected chi connectivity index (χ0v) is 28.3. The molecule has 1 nitrogen and oxygen atoms in total. The number of hydrogen-bond donors (Lipinski definition) is 0. The number of thiophene rings is 1. The van der Waals surface area contributed by atoms with Gasteiger partial charge in [0.05, 0.1) is 5.69 Å². The summed E-state index contributed by atoms with van der Waals surface area (Å²) in [6.07, 6.45) is 0. The number of hydrogen-bond acceptors (Lipinski definition) is 2. The van der Waals surface area contributed by atoms with Crippen molar-refractivity contribution in [1.29, 1.82) is 0 Å². The van der Waals surface area contributed by atoms with Crippen molar-refractivity contribution >= 4 is 70.1 Å². The second kappa shape index (κ2) is 10.7. The molecular weight excluding hydrogens is 611 g/mol. The summed E-state index contributed by atoms with van der Waals surface area (Å²) in [7, 11) is 0. The fourth-order valence-electron chi connectivity index (χ4n) is 8.29. The molecule has 1 aliphatic rings. The Balaban J connectivity index is 1.20. The van der Waals surface area contributed by atoms with Gasteiger partial charge in [0.25, 0.3) is 0 Å². The maximum atomic E-state index is 2.48. The molecule has 49 heavy (non-hydrogen) atoms. The number of nitrogens with zero attached hydrogens (tertiary/aromatic N) is 1. The van der Waals surface area contributed by atoms with Gasteiger partial charge in [-0.25, -0.2) is 0 Å². The number of benzene rings is 8. The van der Waals surface area contributed by atoms with Gasteiger partial charge in [0.15, 0.2) is 0 Å². The van der Waals surface area contributed by atoms with Gasteiger partial charge < -0.3 is 4.90 Å². The molecule has 1 heterocycles. The van der Waals surface area contributed by atoms with E-state index in [-0.39, 0.29) is 5.41 Å². The molecule has 0 amide bonds. The van der Waals surface area contributed by atoms with E-state index in [0.29, 0.717) is 0 Å². The van der Waals surface area contributed by atoms with E-state index in [4.69, 9.17) is 0 Å². The minimum atomic E-state index is -0.0810. The molecule has 0 bridgehead atoms. The highest BCUT2D eigenvalue weighted by atomic mass is 32.1. The average molecular weight is 644 g/mol. The summed E-state index contributed by atoms with van der Waals surface area (Å²) in [5, 5.41) is 7.81. The van der Waals surface area contributed by atoms with Crippen LogP contribution in [-0.4, -0.2) is 0 Å². The maximum Gasteiger partial charge on any atom is 0.0543 e. The average Bonchev–Trinajstić information content (AvgIpc) is 3.64. The van der Waals surface area contributed by atoms with Gasteiger partial charge in [-0.1, -0.05) is 141 Å². The van der Waals surface area contributed by atoms with Crippen molar-refractivity contribution in [2.45, 2.75) is 19.3 Å². The molecule has 8 aromatic carbocycles. The van der Waals surface area contributed by atoms with Crippen LogP contribution in [-0.2, 0) is 5.41 Å². The van der Waals surface area contributed by atoms with Crippen LogP contribution in [0.5, 0.6) is 0 Å². The smallest absolute Gasteiger partial charge is 0.0543 e. The Bertz CT molecular complexity index is 2740. The van der Waals surface area contributed by atoms with Crippen molar-refractivity contribution in [2.75, 3.05) is 4.90 Å². The molecule has 2 heteroatoms. The summed E-state index contributed by atoms with van der Waals surface area (Å²) in [5.41, 5.74) is 11.3. The molecule has 0 spiro atoms. The van der Waals surface area contributed by atoms with Crippen LogP contribution in [0.3, 0.4) is 0 Å². The quantitative estimate of drug-likeness (QED) is 0.184. The van der Waals surface area contributed by atoms with Gasteiger partial charge in [0.2, 0.25) is 0 Å². The number of anilines is 3. The van der Waals surface area contributed by atoms with E-state index in [2.05, 4.69) is 183 Å². The molecule has 0 fully saturated rings. The highest BCUT2D eigenvalue weighted by Crippen LogP contribution is 2.54. The zero-order valence-electron chi connectivity index (χ0n) is 27.4. The number of fused-ring (bicyclic) bond motifs is 9. The first kappa shape index (κ1) is 28.3. The summed E-state index contributed by atoms with van der Waals surface area (Å²) in [5.74, 6) is 0. The Morgan fingerprint density at radius 1 is 0.469 bits per heavy atom. The van der Waals surface area contributed by atoms with Crippen molar-refractivity contribution in [3.63, 3.8) is 0 Å². The lowest BCUT2D eigenvalue weighted by molar-refractivity contribution is 0.660. The van der Waals surface area contributed by atoms with Crippen molar-refractivity contribution in [1.82, 2.24) is 0 Å². The predicted octanol–water partition coefficient (Wildman–Crippen LogP) is 13.8. The Hall–Kier alpha value is -5.70. The van der Waals surface area contributed by atoms with E-state index in [1.807, 2.05) is 11.3 Å². The van der Waals surface area contributed by atoms with Gasteiger partial charge in [-0.05, 0) is 85.8 Å². The van der Waals surface area contributed by atoms with E-state index in [0.717, 1.165) is 11.4 Å². The summed E-state index contributed by atoms with van der Waals surface area (Å²) in [4.78, 5) is 2.48. The summed E-state index contributed by atoms with van der Waals surface area (Å²) >= 11 is 1.89. The molecule has 0 aliphatic heterocycles. The third kappa shape index (κ3) is 4.24. The van der Waals surface area contributed by atoms with Crippen LogP contribution < -0.4 is 4.90 Å². The molecule has 0 saturated heterocycles. The van der Waals surface area contributed by atoms with Crippen molar-refractivity contribution in [3.05, 3.63) is 175 Å². The maximum absolute atomic E-state index is 2.48. The van der Waals surface area contributed by atoms with Gasteiger partial charge in [-0.15, -0.1) is 11.3 Å². The van der Waals surface area contributed by atoms with E-state index >= 15 is 0 Å². The van der Waals surface area contributed by atoms with E-state index in [9.17, 15) is 0 Å². The largest absolute Gasteiger partial charge is 0.310 e. The van der Waals surface area contributed by atoms with Crippen LogP contribution in [0.15, 0.2) is 164 Å². The van der Waals surface area contributed by atoms with Crippen molar-refractivity contribution in [2.24, 2.45) is 0 Å². The fraction of sp³-hybridized carbons (Fsp3) is 0.0638. The molecule has 0 N–H and O–H groups in total. The molecule has 232 valence electrons. The lowest BCUT2D eigenvalue weighted by atomic mass is 9.82. The second-order valence-electron chi connectivity index (χ2n) is 13.7. The highest BCUT2D eigenvalue weighted by molar-refractivity contribution is 7.26. The molecule has 0 atom stereocenters.